The average Bonchev–Trinajstić information content (AvgIpc) is 2.14. The van der Waals surface area contributed by atoms with Gasteiger partial charge in [-0.05, 0) is 11.5 Å². The molecule has 54 valence electrons. The van der Waals surface area contributed by atoms with Crippen LogP contribution in [0.25, 0.3) is 0 Å². The molecule has 1 aromatic heterocycles. The van der Waals surface area contributed by atoms with Crippen molar-refractivity contribution in [3.05, 3.63) is 20.3 Å². The normalized spacial score (nSPS) is 9.70. The summed E-state index contributed by atoms with van der Waals surface area (Å²) in [7, 11) is 0. The third-order valence-electron chi connectivity index (χ3n) is 0.858. The van der Waals surface area contributed by atoms with Gasteiger partial charge < -0.3 is 9.48 Å². The van der Waals surface area contributed by atoms with Crippen molar-refractivity contribution in [1.29, 1.82) is 0 Å². The second-order valence-electron chi connectivity index (χ2n) is 1.49. The second kappa shape index (κ2) is 2.43. The van der Waals surface area contributed by atoms with E-state index >= 15 is 0 Å². The minimum atomic E-state index is -1.22. The van der Waals surface area contributed by atoms with Gasteiger partial charge in [0.15, 0.2) is 5.69 Å². The van der Waals surface area contributed by atoms with E-state index in [9.17, 15) is 9.59 Å². The molecule has 0 fully saturated rings. The predicted molar refractivity (Wildman–Crippen MR) is 36.9 cm³/mol. The topological polar surface area (TPSA) is 70.2 Å². The van der Waals surface area contributed by atoms with E-state index in [2.05, 4.69) is 4.37 Å². The van der Waals surface area contributed by atoms with Gasteiger partial charge >= 0.3 is 5.97 Å². The minimum Gasteiger partial charge on any atom is -0.477 e. The predicted octanol–water partition coefficient (Wildman–Crippen LogP) is 0.788. The van der Waals surface area contributed by atoms with Gasteiger partial charge in [-0.3, -0.25) is 4.79 Å². The van der Waals surface area contributed by atoms with Gasteiger partial charge in [-0.1, -0.05) is 11.6 Å². The molecule has 0 aromatic carbocycles. The maximum absolute atomic E-state index is 10.5. The molecule has 0 aliphatic heterocycles. The molecular weight excluding hydrogens is 178 g/mol. The highest BCUT2D eigenvalue weighted by molar-refractivity contribution is 7.03. The summed E-state index contributed by atoms with van der Waals surface area (Å²) in [5.41, 5.74) is -0.239. The number of nitrogens with one attached hydrogen (secondary N) is 1. The number of halogens is 1. The molecule has 0 saturated heterocycles. The average molecular weight is 180 g/mol. The molecule has 2 N–H and O–H groups in total. The van der Waals surface area contributed by atoms with Crippen molar-refractivity contribution in [2.75, 3.05) is 0 Å². The molecule has 0 radical (unpaired) electrons. The number of H-pyrrole nitrogens is 1. The van der Waals surface area contributed by atoms with Crippen LogP contribution >= 0.6 is 23.1 Å². The summed E-state index contributed by atoms with van der Waals surface area (Å²) in [6.07, 6.45) is 0. The van der Waals surface area contributed by atoms with Gasteiger partial charge in [0.2, 0.25) is 0 Å². The maximum atomic E-state index is 10.5. The van der Waals surface area contributed by atoms with Gasteiger partial charge in [-0.2, -0.15) is 0 Å². The zero-order chi connectivity index (χ0) is 7.72. The highest BCUT2D eigenvalue weighted by Gasteiger charge is 2.13. The summed E-state index contributed by atoms with van der Waals surface area (Å²) in [6.45, 7) is 0. The molecule has 4 nitrogen and oxygen atoms in total. The fraction of sp³-hybridized carbons (Fsp3) is 0. The van der Waals surface area contributed by atoms with Crippen LogP contribution in [-0.2, 0) is 0 Å². The highest BCUT2D eigenvalue weighted by Crippen LogP contribution is 2.09. The zero-order valence-corrected chi connectivity index (χ0v) is 6.12. The van der Waals surface area contributed by atoms with Crippen LogP contribution in [-0.4, -0.2) is 15.4 Å². The molecule has 0 spiro atoms. The van der Waals surface area contributed by atoms with Crippen LogP contribution in [0, 0.1) is 0 Å². The van der Waals surface area contributed by atoms with Crippen LogP contribution in [0.1, 0.15) is 10.5 Å². The van der Waals surface area contributed by atoms with Gasteiger partial charge in [0, 0.05) is 0 Å². The monoisotopic (exact) mass is 179 g/mol. The molecule has 10 heavy (non-hydrogen) atoms. The summed E-state index contributed by atoms with van der Waals surface area (Å²) in [6, 6.07) is 0. The van der Waals surface area contributed by atoms with Crippen molar-refractivity contribution in [3.8, 4) is 0 Å². The number of carboxylic acid groups (broad SMARTS) is 1. The van der Waals surface area contributed by atoms with E-state index in [0.717, 1.165) is 0 Å². The number of aromatic carboxylic acids is 1. The lowest BCUT2D eigenvalue weighted by atomic mass is 10.4. The van der Waals surface area contributed by atoms with Crippen LogP contribution in [0.15, 0.2) is 4.79 Å². The SMILES string of the molecule is O=C(O)c1[nH]sc(=O)c1Cl. The number of rotatable bonds is 1. The van der Waals surface area contributed by atoms with E-state index in [1.165, 1.54) is 0 Å². The number of hydrogen-bond acceptors (Lipinski definition) is 3. The maximum Gasteiger partial charge on any atom is 0.354 e. The first-order valence-electron chi connectivity index (χ1n) is 2.23. The van der Waals surface area contributed by atoms with Crippen molar-refractivity contribution >= 4 is 29.1 Å². The molecule has 1 rings (SSSR count). The molecule has 0 amide bonds. The molecular formula is C4H2ClNO3S. The Kier molecular flexibility index (Phi) is 1.78. The van der Waals surface area contributed by atoms with Crippen LogP contribution in [0.2, 0.25) is 5.02 Å². The largest absolute Gasteiger partial charge is 0.477 e. The summed E-state index contributed by atoms with van der Waals surface area (Å²) in [5.74, 6) is -1.22. The Labute approximate surface area is 64.2 Å². The lowest BCUT2D eigenvalue weighted by Gasteiger charge is -1.83. The van der Waals surface area contributed by atoms with Crippen molar-refractivity contribution in [2.24, 2.45) is 0 Å². The lowest BCUT2D eigenvalue weighted by molar-refractivity contribution is 0.0692. The Morgan fingerprint density at radius 1 is 1.70 bits per heavy atom. The van der Waals surface area contributed by atoms with E-state index < -0.39 is 10.7 Å². The fourth-order valence-electron chi connectivity index (χ4n) is 0.427. The molecule has 0 aliphatic carbocycles. The number of carbonyl (C=O) groups is 1. The van der Waals surface area contributed by atoms with Crippen LogP contribution in [0.3, 0.4) is 0 Å². The molecule has 0 atom stereocenters. The van der Waals surface area contributed by atoms with Crippen LogP contribution in [0.4, 0.5) is 0 Å². The molecule has 1 aromatic rings. The minimum absolute atomic E-state index is 0.239. The standard InChI is InChI=1S/C4H2ClNO3S/c5-1-2(3(7)8)6-10-4(1)9/h6H,(H,7,8). The highest BCUT2D eigenvalue weighted by atomic mass is 35.5. The number of carboxylic acids is 1. The van der Waals surface area contributed by atoms with Crippen molar-refractivity contribution in [1.82, 2.24) is 4.37 Å². The first-order valence-corrected chi connectivity index (χ1v) is 3.42. The second-order valence-corrected chi connectivity index (χ2v) is 2.64. The Balaban J connectivity index is 3.31. The Morgan fingerprint density at radius 3 is 2.50 bits per heavy atom. The van der Waals surface area contributed by atoms with E-state index in [0.29, 0.717) is 11.5 Å². The summed E-state index contributed by atoms with van der Waals surface area (Å²) in [5, 5.41) is 8.08. The van der Waals surface area contributed by atoms with Crippen molar-refractivity contribution in [2.45, 2.75) is 0 Å². The number of aromatic amines is 1. The van der Waals surface area contributed by atoms with Gasteiger partial charge in [-0.15, -0.1) is 0 Å². The van der Waals surface area contributed by atoms with Gasteiger partial charge in [0.25, 0.3) is 4.74 Å². The summed E-state index contributed by atoms with van der Waals surface area (Å²) >= 11 is 5.96. The lowest BCUT2D eigenvalue weighted by Crippen LogP contribution is -1.99. The quantitative estimate of drug-likeness (QED) is 0.670. The van der Waals surface area contributed by atoms with Gasteiger partial charge in [0.05, 0.1) is 0 Å². The Hall–Kier alpha value is -0.810. The Bertz CT molecular complexity index is 315. The van der Waals surface area contributed by atoms with Gasteiger partial charge in [0.1, 0.15) is 5.02 Å². The summed E-state index contributed by atoms with van der Waals surface area (Å²) in [4.78, 5) is 20.7. The van der Waals surface area contributed by atoms with Gasteiger partial charge in [-0.25, -0.2) is 4.79 Å². The van der Waals surface area contributed by atoms with E-state index in [1.807, 2.05) is 0 Å². The first-order chi connectivity index (χ1) is 4.63. The molecule has 6 heteroatoms. The number of hydrogen-bond donors (Lipinski definition) is 2. The van der Waals surface area contributed by atoms with E-state index in [-0.39, 0.29) is 10.7 Å². The van der Waals surface area contributed by atoms with E-state index in [4.69, 9.17) is 16.7 Å². The molecule has 1 heterocycles. The molecule has 0 aliphatic rings. The number of aromatic nitrogens is 1. The first kappa shape index (κ1) is 7.30. The van der Waals surface area contributed by atoms with Crippen molar-refractivity contribution < 1.29 is 9.90 Å². The molecule has 0 saturated carbocycles. The smallest absolute Gasteiger partial charge is 0.354 e. The van der Waals surface area contributed by atoms with Crippen molar-refractivity contribution in [3.63, 3.8) is 0 Å². The zero-order valence-electron chi connectivity index (χ0n) is 4.55. The third kappa shape index (κ3) is 1.05. The van der Waals surface area contributed by atoms with Crippen LogP contribution in [0.5, 0.6) is 0 Å². The summed E-state index contributed by atoms with van der Waals surface area (Å²) < 4.78 is 1.81. The fourth-order valence-corrected chi connectivity index (χ4v) is 1.30. The van der Waals surface area contributed by atoms with Crippen LogP contribution < -0.4 is 4.74 Å². The van der Waals surface area contributed by atoms with E-state index in [1.54, 1.807) is 0 Å². The molecule has 0 unspecified atom stereocenters. The third-order valence-corrected chi connectivity index (χ3v) is 2.03. The molecule has 0 bridgehead atoms. The Morgan fingerprint density at radius 2 is 2.30 bits per heavy atom.